The zero-order valence-corrected chi connectivity index (χ0v) is 12.7. The van der Waals surface area contributed by atoms with Crippen molar-refractivity contribution in [3.8, 4) is 0 Å². The summed E-state index contributed by atoms with van der Waals surface area (Å²) >= 11 is 7.90. The van der Waals surface area contributed by atoms with Crippen LogP contribution in [0.3, 0.4) is 0 Å². The van der Waals surface area contributed by atoms with Crippen molar-refractivity contribution in [1.82, 2.24) is 15.3 Å². The number of aromatic amines is 1. The van der Waals surface area contributed by atoms with Crippen molar-refractivity contribution in [3.05, 3.63) is 41.2 Å². The second kappa shape index (κ2) is 6.98. The fourth-order valence-corrected chi connectivity index (χ4v) is 2.90. The van der Waals surface area contributed by atoms with Crippen LogP contribution >= 0.6 is 23.4 Å². The van der Waals surface area contributed by atoms with E-state index in [4.69, 9.17) is 11.6 Å². The molecule has 1 aromatic carbocycles. The molecule has 2 aromatic rings. The summed E-state index contributed by atoms with van der Waals surface area (Å²) in [7, 11) is 0. The minimum absolute atomic E-state index is 0.628. The van der Waals surface area contributed by atoms with Crippen LogP contribution in [-0.2, 0) is 6.54 Å². The average Bonchev–Trinajstić information content (AvgIpc) is 2.85. The number of aromatic nitrogens is 2. The zero-order valence-electron chi connectivity index (χ0n) is 11.1. The molecular formula is C14H18ClN3S. The summed E-state index contributed by atoms with van der Waals surface area (Å²) in [6.07, 6.45) is 3.58. The molecular weight excluding hydrogens is 278 g/mol. The van der Waals surface area contributed by atoms with E-state index >= 15 is 0 Å². The Morgan fingerprint density at radius 1 is 1.42 bits per heavy atom. The number of nitrogens with one attached hydrogen (secondary N) is 2. The molecule has 2 rings (SSSR count). The maximum absolute atomic E-state index is 6.30. The third-order valence-electron chi connectivity index (χ3n) is 2.61. The molecule has 0 spiro atoms. The summed E-state index contributed by atoms with van der Waals surface area (Å²) in [6.45, 7) is 6.15. The lowest BCUT2D eigenvalue weighted by atomic mass is 10.2. The van der Waals surface area contributed by atoms with Crippen LogP contribution in [0.1, 0.15) is 19.4 Å². The predicted octanol–water partition coefficient (Wildman–Crippen LogP) is 3.96. The standard InChI is InChI=1S/C14H18ClN3S/c1-10(2)8-16-9-11-12(15)4-3-5-13(11)19-14-17-6-7-18-14/h3-7,10,16H,8-9H2,1-2H3,(H,17,18). The minimum Gasteiger partial charge on any atom is -0.339 e. The van der Waals surface area contributed by atoms with Crippen molar-refractivity contribution in [2.24, 2.45) is 5.92 Å². The maximum atomic E-state index is 6.30. The van der Waals surface area contributed by atoms with E-state index in [1.807, 2.05) is 18.3 Å². The highest BCUT2D eigenvalue weighted by molar-refractivity contribution is 7.99. The van der Waals surface area contributed by atoms with Gasteiger partial charge in [-0.25, -0.2) is 4.98 Å². The Hall–Kier alpha value is -0.970. The number of hydrogen-bond donors (Lipinski definition) is 2. The van der Waals surface area contributed by atoms with E-state index in [-0.39, 0.29) is 0 Å². The molecule has 0 unspecified atom stereocenters. The van der Waals surface area contributed by atoms with Gasteiger partial charge in [0, 0.05) is 28.9 Å². The van der Waals surface area contributed by atoms with Crippen LogP contribution in [0.4, 0.5) is 0 Å². The van der Waals surface area contributed by atoms with Crippen LogP contribution in [-0.4, -0.2) is 16.5 Å². The molecule has 102 valence electrons. The van der Waals surface area contributed by atoms with Crippen molar-refractivity contribution < 1.29 is 0 Å². The number of benzene rings is 1. The molecule has 5 heteroatoms. The van der Waals surface area contributed by atoms with Gasteiger partial charge in [-0.3, -0.25) is 0 Å². The first-order chi connectivity index (χ1) is 9.16. The normalized spacial score (nSPS) is 11.2. The molecule has 0 aliphatic rings. The Kier molecular flexibility index (Phi) is 5.31. The van der Waals surface area contributed by atoms with Crippen LogP contribution in [0.25, 0.3) is 0 Å². The largest absolute Gasteiger partial charge is 0.339 e. The summed E-state index contributed by atoms with van der Waals surface area (Å²) in [5.41, 5.74) is 1.13. The molecule has 0 saturated heterocycles. The highest BCUT2D eigenvalue weighted by Gasteiger charge is 2.09. The predicted molar refractivity (Wildman–Crippen MR) is 80.7 cm³/mol. The molecule has 0 aliphatic carbocycles. The highest BCUT2D eigenvalue weighted by atomic mass is 35.5. The van der Waals surface area contributed by atoms with E-state index in [1.54, 1.807) is 18.0 Å². The molecule has 0 atom stereocenters. The van der Waals surface area contributed by atoms with E-state index in [0.29, 0.717) is 5.92 Å². The monoisotopic (exact) mass is 295 g/mol. The third kappa shape index (κ3) is 4.27. The number of halogens is 1. The number of H-pyrrole nitrogens is 1. The summed E-state index contributed by atoms with van der Waals surface area (Å²) in [5.74, 6) is 0.628. The van der Waals surface area contributed by atoms with Gasteiger partial charge in [-0.2, -0.15) is 0 Å². The smallest absolute Gasteiger partial charge is 0.170 e. The lowest BCUT2D eigenvalue weighted by molar-refractivity contribution is 0.550. The SMILES string of the molecule is CC(C)CNCc1c(Cl)cccc1Sc1ncc[nH]1. The van der Waals surface area contributed by atoms with Gasteiger partial charge < -0.3 is 10.3 Å². The summed E-state index contributed by atoms with van der Waals surface area (Å²) < 4.78 is 0. The number of imidazole rings is 1. The first-order valence-corrected chi connectivity index (χ1v) is 7.51. The van der Waals surface area contributed by atoms with Gasteiger partial charge in [0.2, 0.25) is 0 Å². The van der Waals surface area contributed by atoms with E-state index in [0.717, 1.165) is 33.7 Å². The third-order valence-corrected chi connectivity index (χ3v) is 3.98. The molecule has 0 fully saturated rings. The van der Waals surface area contributed by atoms with Crippen LogP contribution in [0.2, 0.25) is 5.02 Å². The van der Waals surface area contributed by atoms with Crippen LogP contribution in [0.5, 0.6) is 0 Å². The van der Waals surface area contributed by atoms with Crippen LogP contribution in [0, 0.1) is 5.92 Å². The molecule has 0 amide bonds. The van der Waals surface area contributed by atoms with E-state index in [9.17, 15) is 0 Å². The van der Waals surface area contributed by atoms with Gasteiger partial charge in [0.15, 0.2) is 5.16 Å². The Bertz CT molecular complexity index is 511. The molecule has 0 bridgehead atoms. The molecule has 19 heavy (non-hydrogen) atoms. The van der Waals surface area contributed by atoms with Gasteiger partial charge in [0.25, 0.3) is 0 Å². The summed E-state index contributed by atoms with van der Waals surface area (Å²) in [4.78, 5) is 8.47. The van der Waals surface area contributed by atoms with Crippen LogP contribution in [0.15, 0.2) is 40.6 Å². The Morgan fingerprint density at radius 3 is 2.95 bits per heavy atom. The lowest BCUT2D eigenvalue weighted by Gasteiger charge is -2.12. The Morgan fingerprint density at radius 2 is 2.26 bits per heavy atom. The van der Waals surface area contributed by atoms with Crippen molar-refractivity contribution in [2.45, 2.75) is 30.4 Å². The van der Waals surface area contributed by atoms with Crippen molar-refractivity contribution in [1.29, 1.82) is 0 Å². The van der Waals surface area contributed by atoms with E-state index < -0.39 is 0 Å². The van der Waals surface area contributed by atoms with Gasteiger partial charge >= 0.3 is 0 Å². The fraction of sp³-hybridized carbons (Fsp3) is 0.357. The molecule has 1 aromatic heterocycles. The van der Waals surface area contributed by atoms with Gasteiger partial charge in [0.1, 0.15) is 0 Å². The molecule has 1 heterocycles. The van der Waals surface area contributed by atoms with E-state index in [1.165, 1.54) is 0 Å². The molecule has 0 radical (unpaired) electrons. The highest BCUT2D eigenvalue weighted by Crippen LogP contribution is 2.31. The quantitative estimate of drug-likeness (QED) is 0.847. The maximum Gasteiger partial charge on any atom is 0.170 e. The first-order valence-electron chi connectivity index (χ1n) is 6.32. The molecule has 2 N–H and O–H groups in total. The topological polar surface area (TPSA) is 40.7 Å². The van der Waals surface area contributed by atoms with Gasteiger partial charge in [-0.15, -0.1) is 0 Å². The summed E-state index contributed by atoms with van der Waals surface area (Å²) in [5, 5.41) is 5.11. The number of hydrogen-bond acceptors (Lipinski definition) is 3. The van der Waals surface area contributed by atoms with Crippen molar-refractivity contribution >= 4 is 23.4 Å². The molecule has 3 nitrogen and oxygen atoms in total. The Balaban J connectivity index is 2.11. The van der Waals surface area contributed by atoms with Crippen molar-refractivity contribution in [3.63, 3.8) is 0 Å². The van der Waals surface area contributed by atoms with Crippen LogP contribution < -0.4 is 5.32 Å². The number of rotatable bonds is 6. The van der Waals surface area contributed by atoms with Crippen molar-refractivity contribution in [2.75, 3.05) is 6.54 Å². The second-order valence-electron chi connectivity index (χ2n) is 4.74. The summed E-state index contributed by atoms with van der Waals surface area (Å²) in [6, 6.07) is 5.98. The number of nitrogens with zero attached hydrogens (tertiary/aromatic N) is 1. The first kappa shape index (κ1) is 14.4. The van der Waals surface area contributed by atoms with Gasteiger partial charge in [0.05, 0.1) is 0 Å². The van der Waals surface area contributed by atoms with Gasteiger partial charge in [-0.05, 0) is 30.2 Å². The molecule has 0 saturated carbocycles. The fourth-order valence-electron chi connectivity index (χ4n) is 1.70. The molecule has 0 aliphatic heterocycles. The zero-order chi connectivity index (χ0) is 13.7. The average molecular weight is 296 g/mol. The lowest BCUT2D eigenvalue weighted by Crippen LogP contribution is -2.19. The Labute approximate surface area is 123 Å². The van der Waals surface area contributed by atoms with Gasteiger partial charge in [-0.1, -0.05) is 43.3 Å². The minimum atomic E-state index is 0.628. The van der Waals surface area contributed by atoms with E-state index in [2.05, 4.69) is 35.2 Å². The second-order valence-corrected chi connectivity index (χ2v) is 6.18.